The van der Waals surface area contributed by atoms with Crippen molar-refractivity contribution in [2.24, 2.45) is 0 Å². The minimum absolute atomic E-state index is 0.0261. The summed E-state index contributed by atoms with van der Waals surface area (Å²) in [5, 5.41) is 2.05. The molecule has 0 radical (unpaired) electrons. The number of rotatable bonds is 6. The van der Waals surface area contributed by atoms with Crippen molar-refractivity contribution >= 4 is 17.2 Å². The normalized spacial score (nSPS) is 10.6. The van der Waals surface area contributed by atoms with E-state index in [9.17, 15) is 4.79 Å². The lowest BCUT2D eigenvalue weighted by molar-refractivity contribution is 0.0719. The maximum Gasteiger partial charge on any atom is 0.254 e. The molecule has 0 aliphatic carbocycles. The van der Waals surface area contributed by atoms with Crippen LogP contribution in [0, 0.1) is 6.92 Å². The largest absolute Gasteiger partial charge is 0.497 e. The summed E-state index contributed by atoms with van der Waals surface area (Å²) in [6, 6.07) is 13.0. The third-order valence-electron chi connectivity index (χ3n) is 3.85. The second-order valence-corrected chi connectivity index (χ2v) is 6.50. The van der Waals surface area contributed by atoms with Gasteiger partial charge >= 0.3 is 0 Å². The molecule has 124 valence electrons. The number of ether oxygens (including phenoxy) is 1. The summed E-state index contributed by atoms with van der Waals surface area (Å²) < 4.78 is 10.6. The molecule has 2 aromatic heterocycles. The number of carbonyl (C=O) groups excluding carboxylic acids is 1. The van der Waals surface area contributed by atoms with Gasteiger partial charge in [0, 0.05) is 10.4 Å². The number of carbonyl (C=O) groups is 1. The van der Waals surface area contributed by atoms with Gasteiger partial charge in [-0.3, -0.25) is 4.79 Å². The Morgan fingerprint density at radius 2 is 1.96 bits per heavy atom. The first-order chi connectivity index (χ1) is 11.7. The lowest BCUT2D eigenvalue weighted by atomic mass is 10.1. The zero-order valence-electron chi connectivity index (χ0n) is 13.7. The molecule has 3 rings (SSSR count). The van der Waals surface area contributed by atoms with Crippen LogP contribution >= 0.6 is 11.3 Å². The number of hydrogen-bond acceptors (Lipinski definition) is 4. The molecule has 0 saturated carbocycles. The summed E-state index contributed by atoms with van der Waals surface area (Å²) in [5.74, 6) is 1.48. The fourth-order valence-electron chi connectivity index (χ4n) is 2.45. The van der Waals surface area contributed by atoms with Crippen molar-refractivity contribution in [3.63, 3.8) is 0 Å². The Bertz CT molecular complexity index is 790. The Balaban J connectivity index is 1.84. The Morgan fingerprint density at radius 3 is 2.54 bits per heavy atom. The van der Waals surface area contributed by atoms with E-state index < -0.39 is 0 Å². The molecular formula is C19H19NO3S. The molecule has 0 bridgehead atoms. The first-order valence-electron chi connectivity index (χ1n) is 7.66. The lowest BCUT2D eigenvalue weighted by Gasteiger charge is -2.22. The van der Waals surface area contributed by atoms with Gasteiger partial charge in [0.2, 0.25) is 0 Å². The van der Waals surface area contributed by atoms with E-state index in [0.717, 1.165) is 11.5 Å². The van der Waals surface area contributed by atoms with E-state index in [1.165, 1.54) is 10.4 Å². The van der Waals surface area contributed by atoms with Crippen LogP contribution in [0.2, 0.25) is 0 Å². The minimum Gasteiger partial charge on any atom is -0.497 e. The molecule has 0 aliphatic heterocycles. The van der Waals surface area contributed by atoms with E-state index in [0.29, 0.717) is 18.7 Å². The van der Waals surface area contributed by atoms with Crippen molar-refractivity contribution in [2.75, 3.05) is 7.11 Å². The van der Waals surface area contributed by atoms with Crippen LogP contribution in [0.5, 0.6) is 5.75 Å². The highest BCUT2D eigenvalue weighted by atomic mass is 32.1. The molecule has 4 nitrogen and oxygen atoms in total. The van der Waals surface area contributed by atoms with Crippen LogP contribution in [0.3, 0.4) is 0 Å². The quantitative estimate of drug-likeness (QED) is 0.663. The van der Waals surface area contributed by atoms with Crippen LogP contribution in [0.1, 0.15) is 26.6 Å². The maximum absolute atomic E-state index is 13.0. The minimum atomic E-state index is -0.0261. The SMILES string of the molecule is COc1ccc(C(=O)N(Cc2ccco2)Cc2sccc2C)cc1. The zero-order valence-corrected chi connectivity index (χ0v) is 14.5. The molecule has 0 atom stereocenters. The van der Waals surface area contributed by atoms with Gasteiger partial charge in [0.05, 0.1) is 26.5 Å². The molecule has 3 aromatic rings. The number of furan rings is 1. The molecule has 2 heterocycles. The third-order valence-corrected chi connectivity index (χ3v) is 4.86. The van der Waals surface area contributed by atoms with Crippen LogP contribution in [-0.2, 0) is 13.1 Å². The van der Waals surface area contributed by atoms with Crippen molar-refractivity contribution in [1.29, 1.82) is 0 Å². The highest BCUT2D eigenvalue weighted by Gasteiger charge is 2.19. The molecular weight excluding hydrogens is 322 g/mol. The number of benzene rings is 1. The standard InChI is InChI=1S/C19H19NO3S/c1-14-9-11-24-18(14)13-20(12-17-4-3-10-23-17)19(21)15-5-7-16(22-2)8-6-15/h3-11H,12-13H2,1-2H3. The number of hydrogen-bond donors (Lipinski definition) is 0. The van der Waals surface area contributed by atoms with Gasteiger partial charge in [-0.05, 0) is 60.3 Å². The highest BCUT2D eigenvalue weighted by molar-refractivity contribution is 7.10. The van der Waals surface area contributed by atoms with Crippen LogP contribution in [0.25, 0.3) is 0 Å². The van der Waals surface area contributed by atoms with E-state index >= 15 is 0 Å². The van der Waals surface area contributed by atoms with Crippen LogP contribution in [0.4, 0.5) is 0 Å². The van der Waals surface area contributed by atoms with Crippen LogP contribution in [0.15, 0.2) is 58.5 Å². The molecule has 1 amide bonds. The number of amides is 1. The number of aryl methyl sites for hydroxylation is 1. The fourth-order valence-corrected chi connectivity index (χ4v) is 3.37. The molecule has 0 unspecified atom stereocenters. The Labute approximate surface area is 145 Å². The smallest absolute Gasteiger partial charge is 0.254 e. The Morgan fingerprint density at radius 1 is 1.17 bits per heavy atom. The van der Waals surface area contributed by atoms with Crippen molar-refractivity contribution in [3.8, 4) is 5.75 Å². The molecule has 0 fully saturated rings. The fraction of sp³-hybridized carbons (Fsp3) is 0.211. The van der Waals surface area contributed by atoms with E-state index in [1.54, 1.807) is 53.9 Å². The predicted octanol–water partition coefficient (Wildman–Crippen LogP) is 4.50. The van der Waals surface area contributed by atoms with Gasteiger partial charge in [0.15, 0.2) is 0 Å². The summed E-state index contributed by atoms with van der Waals surface area (Å²) in [5.41, 5.74) is 1.84. The van der Waals surface area contributed by atoms with Gasteiger partial charge in [0.1, 0.15) is 11.5 Å². The first kappa shape index (κ1) is 16.3. The lowest BCUT2D eigenvalue weighted by Crippen LogP contribution is -2.29. The second kappa shape index (κ2) is 7.36. The second-order valence-electron chi connectivity index (χ2n) is 5.50. The molecule has 5 heteroatoms. The Hall–Kier alpha value is -2.53. The van der Waals surface area contributed by atoms with Gasteiger partial charge in [-0.1, -0.05) is 0 Å². The summed E-state index contributed by atoms with van der Waals surface area (Å²) in [7, 11) is 1.61. The van der Waals surface area contributed by atoms with Crippen LogP contribution in [-0.4, -0.2) is 17.9 Å². The van der Waals surface area contributed by atoms with E-state index in [2.05, 4.69) is 13.0 Å². The average Bonchev–Trinajstić information content (AvgIpc) is 3.26. The van der Waals surface area contributed by atoms with Gasteiger partial charge < -0.3 is 14.1 Å². The van der Waals surface area contributed by atoms with Crippen LogP contribution < -0.4 is 4.74 Å². The van der Waals surface area contributed by atoms with Gasteiger partial charge in [-0.15, -0.1) is 11.3 Å². The van der Waals surface area contributed by atoms with Crippen molar-refractivity contribution < 1.29 is 13.9 Å². The molecule has 0 aliphatic rings. The molecule has 0 saturated heterocycles. The summed E-state index contributed by atoms with van der Waals surface area (Å²) in [6.07, 6.45) is 1.63. The van der Waals surface area contributed by atoms with E-state index in [1.807, 2.05) is 17.5 Å². The summed E-state index contributed by atoms with van der Waals surface area (Å²) in [4.78, 5) is 15.9. The monoisotopic (exact) mass is 341 g/mol. The summed E-state index contributed by atoms with van der Waals surface area (Å²) >= 11 is 1.66. The van der Waals surface area contributed by atoms with E-state index in [4.69, 9.17) is 9.15 Å². The van der Waals surface area contributed by atoms with Crippen molar-refractivity contribution in [1.82, 2.24) is 4.90 Å². The number of thiophene rings is 1. The molecule has 0 spiro atoms. The molecule has 1 aromatic carbocycles. The average molecular weight is 341 g/mol. The topological polar surface area (TPSA) is 42.7 Å². The Kier molecular flexibility index (Phi) is 5.01. The van der Waals surface area contributed by atoms with Crippen molar-refractivity contribution in [2.45, 2.75) is 20.0 Å². The van der Waals surface area contributed by atoms with E-state index in [-0.39, 0.29) is 5.91 Å². The molecule has 0 N–H and O–H groups in total. The first-order valence-corrected chi connectivity index (χ1v) is 8.54. The third kappa shape index (κ3) is 3.68. The zero-order chi connectivity index (χ0) is 16.9. The van der Waals surface area contributed by atoms with Gasteiger partial charge in [0.25, 0.3) is 5.91 Å². The van der Waals surface area contributed by atoms with Crippen molar-refractivity contribution in [3.05, 3.63) is 75.9 Å². The predicted molar refractivity (Wildman–Crippen MR) is 94.3 cm³/mol. The molecule has 24 heavy (non-hydrogen) atoms. The van der Waals surface area contributed by atoms with Gasteiger partial charge in [-0.25, -0.2) is 0 Å². The summed E-state index contributed by atoms with van der Waals surface area (Å²) in [6.45, 7) is 3.07. The number of methoxy groups -OCH3 is 1. The highest BCUT2D eigenvalue weighted by Crippen LogP contribution is 2.22. The van der Waals surface area contributed by atoms with Gasteiger partial charge in [-0.2, -0.15) is 0 Å². The number of nitrogens with zero attached hydrogens (tertiary/aromatic N) is 1. The maximum atomic E-state index is 13.0.